The summed E-state index contributed by atoms with van der Waals surface area (Å²) in [5.41, 5.74) is 0. The van der Waals surface area contributed by atoms with Crippen molar-refractivity contribution in [2.45, 2.75) is 239 Å². The lowest BCUT2D eigenvalue weighted by molar-refractivity contribution is -0.167. The molecule has 0 aliphatic heterocycles. The van der Waals surface area contributed by atoms with E-state index in [-0.39, 0.29) is 37.5 Å². The lowest BCUT2D eigenvalue weighted by atomic mass is 10.1. The molecule has 0 aliphatic carbocycles. The van der Waals surface area contributed by atoms with Crippen LogP contribution < -0.4 is 0 Å². The molecular formula is C56H94O6. The number of rotatable bonds is 45. The molecule has 0 N–H and O–H groups in total. The summed E-state index contributed by atoms with van der Waals surface area (Å²) in [6, 6.07) is 0. The van der Waals surface area contributed by atoms with Crippen LogP contribution in [0.2, 0.25) is 0 Å². The Morgan fingerprint density at radius 3 is 1.13 bits per heavy atom. The van der Waals surface area contributed by atoms with Gasteiger partial charge in [0.05, 0.1) is 0 Å². The molecule has 0 aromatic heterocycles. The minimum Gasteiger partial charge on any atom is -0.462 e. The van der Waals surface area contributed by atoms with E-state index in [1.165, 1.54) is 89.9 Å². The van der Waals surface area contributed by atoms with Crippen molar-refractivity contribution in [2.75, 3.05) is 13.2 Å². The number of ether oxygens (including phenoxy) is 3. The Balaban J connectivity index is 4.38. The van der Waals surface area contributed by atoms with Gasteiger partial charge in [-0.2, -0.15) is 0 Å². The van der Waals surface area contributed by atoms with E-state index in [0.717, 1.165) is 103 Å². The molecular weight excluding hydrogens is 769 g/mol. The van der Waals surface area contributed by atoms with E-state index in [0.29, 0.717) is 12.8 Å². The SMILES string of the molecule is CC/C=C\C/C=C\C/C=C\CCCCCCCCCCCC(=O)OCC(COC(=O)CCCC/C=C\C/C=C\CC)OC(=O)CCCCC/C=C\C=C/CCCCCCCCC. The Labute approximate surface area is 382 Å². The molecule has 1 atom stereocenters. The van der Waals surface area contributed by atoms with Crippen molar-refractivity contribution >= 4 is 17.9 Å². The zero-order chi connectivity index (χ0) is 45.1. The second kappa shape index (κ2) is 50.2. The predicted octanol–water partition coefficient (Wildman–Crippen LogP) is 16.8. The molecule has 0 fully saturated rings. The predicted molar refractivity (Wildman–Crippen MR) is 265 cm³/mol. The number of carbonyl (C=O) groups excluding carboxylic acids is 3. The maximum absolute atomic E-state index is 12.8. The summed E-state index contributed by atoms with van der Waals surface area (Å²) >= 11 is 0. The molecule has 0 rings (SSSR count). The van der Waals surface area contributed by atoms with E-state index in [4.69, 9.17) is 14.2 Å². The molecule has 6 nitrogen and oxygen atoms in total. The van der Waals surface area contributed by atoms with Gasteiger partial charge < -0.3 is 14.2 Å². The molecule has 0 aliphatic rings. The van der Waals surface area contributed by atoms with Crippen LogP contribution in [-0.4, -0.2) is 37.2 Å². The smallest absolute Gasteiger partial charge is 0.306 e. The number of allylic oxidation sites excluding steroid dienone is 14. The fourth-order valence-corrected chi connectivity index (χ4v) is 6.84. The van der Waals surface area contributed by atoms with Gasteiger partial charge >= 0.3 is 17.9 Å². The Hall–Kier alpha value is -3.41. The largest absolute Gasteiger partial charge is 0.462 e. The average Bonchev–Trinajstić information content (AvgIpc) is 3.27. The lowest BCUT2D eigenvalue weighted by Gasteiger charge is -2.18. The Kier molecular flexibility index (Phi) is 47.5. The van der Waals surface area contributed by atoms with E-state index >= 15 is 0 Å². The van der Waals surface area contributed by atoms with Gasteiger partial charge in [-0.05, 0) is 103 Å². The van der Waals surface area contributed by atoms with Crippen molar-refractivity contribution in [3.63, 3.8) is 0 Å². The molecule has 0 heterocycles. The maximum Gasteiger partial charge on any atom is 0.306 e. The summed E-state index contributed by atoms with van der Waals surface area (Å²) in [6.07, 6.45) is 64.4. The van der Waals surface area contributed by atoms with Gasteiger partial charge in [-0.25, -0.2) is 0 Å². The van der Waals surface area contributed by atoms with Crippen LogP contribution in [-0.2, 0) is 28.6 Å². The van der Waals surface area contributed by atoms with E-state index in [2.05, 4.69) is 106 Å². The number of esters is 3. The molecule has 0 saturated carbocycles. The highest BCUT2D eigenvalue weighted by Gasteiger charge is 2.19. The molecule has 6 heteroatoms. The van der Waals surface area contributed by atoms with Gasteiger partial charge in [0, 0.05) is 19.3 Å². The van der Waals surface area contributed by atoms with Crippen molar-refractivity contribution in [1.82, 2.24) is 0 Å². The first-order chi connectivity index (χ1) is 30.5. The number of hydrogen-bond donors (Lipinski definition) is 0. The lowest BCUT2D eigenvalue weighted by Crippen LogP contribution is -2.30. The van der Waals surface area contributed by atoms with Gasteiger partial charge in [0.2, 0.25) is 0 Å². The van der Waals surface area contributed by atoms with Crippen LogP contribution in [0.4, 0.5) is 0 Å². The molecule has 62 heavy (non-hydrogen) atoms. The highest BCUT2D eigenvalue weighted by molar-refractivity contribution is 5.71. The van der Waals surface area contributed by atoms with Crippen LogP contribution in [0.1, 0.15) is 233 Å². The second-order valence-electron chi connectivity index (χ2n) is 16.7. The molecule has 0 amide bonds. The van der Waals surface area contributed by atoms with Gasteiger partial charge in [-0.15, -0.1) is 0 Å². The van der Waals surface area contributed by atoms with Crippen LogP contribution in [0.25, 0.3) is 0 Å². The van der Waals surface area contributed by atoms with Crippen molar-refractivity contribution in [3.05, 3.63) is 85.1 Å². The first-order valence-electron chi connectivity index (χ1n) is 25.6. The molecule has 0 aromatic carbocycles. The van der Waals surface area contributed by atoms with Gasteiger partial charge in [0.15, 0.2) is 6.10 Å². The van der Waals surface area contributed by atoms with Crippen molar-refractivity contribution in [3.8, 4) is 0 Å². The van der Waals surface area contributed by atoms with Crippen molar-refractivity contribution in [1.29, 1.82) is 0 Å². The number of carbonyl (C=O) groups is 3. The summed E-state index contributed by atoms with van der Waals surface area (Å²) in [5, 5.41) is 0. The second-order valence-corrected chi connectivity index (χ2v) is 16.7. The third kappa shape index (κ3) is 47.6. The van der Waals surface area contributed by atoms with E-state index in [9.17, 15) is 14.4 Å². The average molecular weight is 863 g/mol. The summed E-state index contributed by atoms with van der Waals surface area (Å²) in [5.74, 6) is -0.973. The standard InChI is InChI=1S/C56H94O6/c1-4-7-10-13-16-19-21-23-25-27-28-29-31-32-34-37-40-43-46-49-55(58)61-52-53(51-60-54(57)48-45-42-39-36-18-15-12-9-6-3)62-56(59)50-47-44-41-38-35-33-30-26-24-22-20-17-14-11-8-5-2/h7,9-10,12,16,18-19,23,25-26,30,33,35-36,53H,4-6,8,11,13-15,17,20-22,24,27-29,31-32,34,37-52H2,1-3H3/b10-7-,12-9-,19-16-,25-23-,30-26-,35-33-,36-18-. The van der Waals surface area contributed by atoms with Gasteiger partial charge in [-0.1, -0.05) is 196 Å². The number of hydrogen-bond acceptors (Lipinski definition) is 6. The zero-order valence-corrected chi connectivity index (χ0v) is 40.4. The van der Waals surface area contributed by atoms with Gasteiger partial charge in [0.1, 0.15) is 13.2 Å². The zero-order valence-electron chi connectivity index (χ0n) is 40.4. The molecule has 0 spiro atoms. The van der Waals surface area contributed by atoms with Crippen molar-refractivity contribution in [2.24, 2.45) is 0 Å². The van der Waals surface area contributed by atoms with Crippen LogP contribution >= 0.6 is 0 Å². The first-order valence-corrected chi connectivity index (χ1v) is 25.6. The quantitative estimate of drug-likeness (QED) is 0.0199. The normalized spacial score (nSPS) is 12.8. The molecule has 354 valence electrons. The minimum atomic E-state index is -0.804. The monoisotopic (exact) mass is 863 g/mol. The van der Waals surface area contributed by atoms with E-state index in [1.54, 1.807) is 0 Å². The molecule has 0 saturated heterocycles. The molecule has 1 unspecified atom stereocenters. The summed E-state index contributed by atoms with van der Waals surface area (Å²) in [7, 11) is 0. The summed E-state index contributed by atoms with van der Waals surface area (Å²) < 4.78 is 16.7. The minimum absolute atomic E-state index is 0.101. The third-order valence-corrected chi connectivity index (χ3v) is 10.6. The van der Waals surface area contributed by atoms with Gasteiger partial charge in [0.25, 0.3) is 0 Å². The fraction of sp³-hybridized carbons (Fsp3) is 0.696. The summed E-state index contributed by atoms with van der Waals surface area (Å²) in [6.45, 7) is 6.34. The highest BCUT2D eigenvalue weighted by atomic mass is 16.6. The van der Waals surface area contributed by atoms with Crippen LogP contribution in [0, 0.1) is 0 Å². The maximum atomic E-state index is 12.8. The van der Waals surface area contributed by atoms with E-state index < -0.39 is 6.10 Å². The Morgan fingerprint density at radius 2 is 0.677 bits per heavy atom. The molecule has 0 bridgehead atoms. The molecule has 0 radical (unpaired) electrons. The third-order valence-electron chi connectivity index (χ3n) is 10.6. The highest BCUT2D eigenvalue weighted by Crippen LogP contribution is 2.14. The van der Waals surface area contributed by atoms with Crippen LogP contribution in [0.3, 0.4) is 0 Å². The Morgan fingerprint density at radius 1 is 0.355 bits per heavy atom. The number of unbranched alkanes of at least 4 members (excludes halogenated alkanes) is 21. The molecule has 0 aromatic rings. The Bertz CT molecular complexity index is 1220. The topological polar surface area (TPSA) is 78.9 Å². The van der Waals surface area contributed by atoms with Crippen LogP contribution in [0.15, 0.2) is 85.1 Å². The van der Waals surface area contributed by atoms with E-state index in [1.807, 2.05) is 0 Å². The fourth-order valence-electron chi connectivity index (χ4n) is 6.84. The first kappa shape index (κ1) is 58.6. The van der Waals surface area contributed by atoms with Crippen molar-refractivity contribution < 1.29 is 28.6 Å². The van der Waals surface area contributed by atoms with Crippen LogP contribution in [0.5, 0.6) is 0 Å². The summed E-state index contributed by atoms with van der Waals surface area (Å²) in [4.78, 5) is 37.9. The van der Waals surface area contributed by atoms with Gasteiger partial charge in [-0.3, -0.25) is 14.4 Å².